The summed E-state index contributed by atoms with van der Waals surface area (Å²) in [6, 6.07) is -0.215. The SMILES string of the molecule is CCS(=O)(=O)NC(C)CC(N)=S. The molecule has 0 aromatic heterocycles. The Balaban J connectivity index is 4.01. The minimum Gasteiger partial charge on any atom is -0.393 e. The molecule has 12 heavy (non-hydrogen) atoms. The van der Waals surface area contributed by atoms with Gasteiger partial charge in [-0.15, -0.1) is 0 Å². The second kappa shape index (κ2) is 4.74. The van der Waals surface area contributed by atoms with Gasteiger partial charge in [0.1, 0.15) is 0 Å². The molecule has 0 aromatic rings. The molecule has 72 valence electrons. The standard InChI is InChI=1S/C6H14N2O2S2/c1-3-12(9,10)8-5(2)4-6(7)11/h5,8H,3-4H2,1-2H3,(H2,7,11). The summed E-state index contributed by atoms with van der Waals surface area (Å²) in [7, 11) is -3.13. The summed E-state index contributed by atoms with van der Waals surface area (Å²) in [5.41, 5.74) is 5.25. The van der Waals surface area contributed by atoms with Gasteiger partial charge in [-0.2, -0.15) is 0 Å². The van der Waals surface area contributed by atoms with Crippen LogP contribution in [0.3, 0.4) is 0 Å². The van der Waals surface area contributed by atoms with Crippen molar-refractivity contribution in [1.29, 1.82) is 0 Å². The minimum atomic E-state index is -3.13. The lowest BCUT2D eigenvalue weighted by Gasteiger charge is -2.11. The predicted octanol–water partition coefficient (Wildman–Crippen LogP) is -0.00960. The van der Waals surface area contributed by atoms with Crippen LogP contribution in [0.15, 0.2) is 0 Å². The second-order valence-electron chi connectivity index (χ2n) is 2.59. The van der Waals surface area contributed by atoms with Gasteiger partial charge in [0, 0.05) is 12.5 Å². The summed E-state index contributed by atoms with van der Waals surface area (Å²) in [6.07, 6.45) is 0.397. The number of nitrogens with two attached hydrogens (primary N) is 1. The van der Waals surface area contributed by atoms with Crippen molar-refractivity contribution in [1.82, 2.24) is 4.72 Å². The lowest BCUT2D eigenvalue weighted by Crippen LogP contribution is -2.36. The molecular weight excluding hydrogens is 196 g/mol. The molecule has 0 bridgehead atoms. The second-order valence-corrected chi connectivity index (χ2v) is 5.16. The average molecular weight is 210 g/mol. The molecule has 0 saturated heterocycles. The van der Waals surface area contributed by atoms with E-state index in [0.29, 0.717) is 11.4 Å². The summed E-state index contributed by atoms with van der Waals surface area (Å²) in [4.78, 5) is 0.321. The van der Waals surface area contributed by atoms with E-state index in [2.05, 4.69) is 16.9 Å². The summed E-state index contributed by atoms with van der Waals surface area (Å²) < 4.78 is 24.4. The number of sulfonamides is 1. The Morgan fingerprint density at radius 1 is 1.67 bits per heavy atom. The van der Waals surface area contributed by atoms with E-state index in [4.69, 9.17) is 5.73 Å². The van der Waals surface area contributed by atoms with Crippen molar-refractivity contribution in [3.05, 3.63) is 0 Å². The molecule has 0 aliphatic rings. The zero-order valence-electron chi connectivity index (χ0n) is 7.20. The highest BCUT2D eigenvalue weighted by atomic mass is 32.2. The van der Waals surface area contributed by atoms with E-state index in [1.54, 1.807) is 13.8 Å². The van der Waals surface area contributed by atoms with Gasteiger partial charge in [-0.05, 0) is 13.8 Å². The zero-order chi connectivity index (χ0) is 9.78. The lowest BCUT2D eigenvalue weighted by molar-refractivity contribution is 0.566. The Morgan fingerprint density at radius 3 is 2.50 bits per heavy atom. The molecule has 0 aliphatic carbocycles. The smallest absolute Gasteiger partial charge is 0.211 e. The Bertz CT molecular complexity index is 248. The first kappa shape index (κ1) is 11.8. The fourth-order valence-electron chi connectivity index (χ4n) is 0.733. The summed E-state index contributed by atoms with van der Waals surface area (Å²) in [5, 5.41) is 0. The van der Waals surface area contributed by atoms with Crippen LogP contribution in [0.25, 0.3) is 0 Å². The van der Waals surface area contributed by atoms with E-state index in [-0.39, 0.29) is 11.8 Å². The topological polar surface area (TPSA) is 72.2 Å². The Hall–Kier alpha value is -0.200. The van der Waals surface area contributed by atoms with Gasteiger partial charge in [0.15, 0.2) is 0 Å². The average Bonchev–Trinajstić information content (AvgIpc) is 1.84. The van der Waals surface area contributed by atoms with E-state index in [1.165, 1.54) is 0 Å². The third-order valence-electron chi connectivity index (χ3n) is 1.27. The molecule has 0 radical (unpaired) electrons. The molecule has 1 atom stereocenters. The van der Waals surface area contributed by atoms with Gasteiger partial charge in [-0.25, -0.2) is 13.1 Å². The lowest BCUT2D eigenvalue weighted by atomic mass is 10.3. The van der Waals surface area contributed by atoms with Crippen LogP contribution in [-0.2, 0) is 10.0 Å². The van der Waals surface area contributed by atoms with E-state index >= 15 is 0 Å². The minimum absolute atomic E-state index is 0.0780. The van der Waals surface area contributed by atoms with Crippen LogP contribution in [0.5, 0.6) is 0 Å². The molecule has 0 amide bonds. The molecule has 0 spiro atoms. The molecular formula is C6H14N2O2S2. The van der Waals surface area contributed by atoms with Crippen molar-refractivity contribution >= 4 is 27.2 Å². The normalized spacial score (nSPS) is 14.2. The van der Waals surface area contributed by atoms with Gasteiger partial charge in [0.25, 0.3) is 0 Å². The van der Waals surface area contributed by atoms with Gasteiger partial charge in [0.2, 0.25) is 10.0 Å². The van der Waals surface area contributed by atoms with Crippen molar-refractivity contribution in [2.24, 2.45) is 5.73 Å². The maximum absolute atomic E-state index is 11.0. The van der Waals surface area contributed by atoms with Gasteiger partial charge in [-0.3, -0.25) is 0 Å². The van der Waals surface area contributed by atoms with E-state index < -0.39 is 10.0 Å². The number of nitrogens with one attached hydrogen (secondary N) is 1. The van der Waals surface area contributed by atoms with Crippen LogP contribution in [0.4, 0.5) is 0 Å². The third-order valence-corrected chi connectivity index (χ3v) is 2.96. The Kier molecular flexibility index (Phi) is 4.66. The van der Waals surface area contributed by atoms with E-state index in [0.717, 1.165) is 0 Å². The van der Waals surface area contributed by atoms with Gasteiger partial charge in [0.05, 0.1) is 10.7 Å². The van der Waals surface area contributed by atoms with E-state index in [9.17, 15) is 8.42 Å². The van der Waals surface area contributed by atoms with Crippen LogP contribution in [0, 0.1) is 0 Å². The molecule has 0 aliphatic heterocycles. The fourth-order valence-corrected chi connectivity index (χ4v) is 1.85. The first-order valence-electron chi connectivity index (χ1n) is 3.65. The highest BCUT2D eigenvalue weighted by Crippen LogP contribution is 1.94. The zero-order valence-corrected chi connectivity index (χ0v) is 8.83. The molecule has 1 unspecified atom stereocenters. The van der Waals surface area contributed by atoms with Gasteiger partial charge >= 0.3 is 0 Å². The number of thiocarbonyl (C=S) groups is 1. The predicted molar refractivity (Wildman–Crippen MR) is 53.5 cm³/mol. The molecule has 0 rings (SSSR count). The first-order chi connectivity index (χ1) is 5.37. The summed E-state index contributed by atoms with van der Waals surface area (Å²) in [5.74, 6) is 0.0780. The molecule has 4 nitrogen and oxygen atoms in total. The molecule has 0 fully saturated rings. The molecule has 6 heteroatoms. The van der Waals surface area contributed by atoms with Crippen molar-refractivity contribution in [2.75, 3.05) is 5.75 Å². The van der Waals surface area contributed by atoms with Crippen LogP contribution >= 0.6 is 12.2 Å². The van der Waals surface area contributed by atoms with Crippen molar-refractivity contribution < 1.29 is 8.42 Å². The van der Waals surface area contributed by atoms with Crippen molar-refractivity contribution in [2.45, 2.75) is 26.3 Å². The first-order valence-corrected chi connectivity index (χ1v) is 5.71. The van der Waals surface area contributed by atoms with Gasteiger partial charge < -0.3 is 5.73 Å². The summed E-state index contributed by atoms with van der Waals surface area (Å²) >= 11 is 4.64. The Labute approximate surface area is 78.6 Å². The number of hydrogen-bond donors (Lipinski definition) is 2. The quantitative estimate of drug-likeness (QED) is 0.626. The van der Waals surface area contributed by atoms with Gasteiger partial charge in [-0.1, -0.05) is 12.2 Å². The number of rotatable bonds is 5. The maximum atomic E-state index is 11.0. The van der Waals surface area contributed by atoms with Crippen molar-refractivity contribution in [3.63, 3.8) is 0 Å². The highest BCUT2D eigenvalue weighted by molar-refractivity contribution is 7.89. The largest absolute Gasteiger partial charge is 0.393 e. The van der Waals surface area contributed by atoms with E-state index in [1.807, 2.05) is 0 Å². The van der Waals surface area contributed by atoms with Crippen LogP contribution in [0.2, 0.25) is 0 Å². The molecule has 0 aromatic carbocycles. The molecule has 0 heterocycles. The highest BCUT2D eigenvalue weighted by Gasteiger charge is 2.11. The Morgan fingerprint density at radius 2 is 2.17 bits per heavy atom. The number of hydrogen-bond acceptors (Lipinski definition) is 3. The maximum Gasteiger partial charge on any atom is 0.211 e. The molecule has 3 N–H and O–H groups in total. The van der Waals surface area contributed by atoms with Crippen molar-refractivity contribution in [3.8, 4) is 0 Å². The van der Waals surface area contributed by atoms with Crippen LogP contribution in [0.1, 0.15) is 20.3 Å². The molecule has 0 saturated carbocycles. The summed E-state index contributed by atoms with van der Waals surface area (Å²) in [6.45, 7) is 3.31. The third kappa shape index (κ3) is 5.45. The fraction of sp³-hybridized carbons (Fsp3) is 0.833. The van der Waals surface area contributed by atoms with Crippen LogP contribution < -0.4 is 10.5 Å². The van der Waals surface area contributed by atoms with Crippen LogP contribution in [-0.4, -0.2) is 25.2 Å². The monoisotopic (exact) mass is 210 g/mol.